The topological polar surface area (TPSA) is 47.6 Å². The minimum Gasteiger partial charge on any atom is -0.376 e. The number of hydrogen-bond acceptors (Lipinski definition) is 3. The van der Waals surface area contributed by atoms with Crippen LogP contribution >= 0.6 is 0 Å². The number of aryl methyl sites for hydroxylation is 1. The van der Waals surface area contributed by atoms with Gasteiger partial charge >= 0.3 is 0 Å². The molecule has 138 valence electrons. The van der Waals surface area contributed by atoms with Gasteiger partial charge in [0.25, 0.3) is 5.91 Å². The van der Waals surface area contributed by atoms with Crippen molar-refractivity contribution in [3.05, 3.63) is 71.3 Å². The molecule has 1 aliphatic rings. The molecular formula is C22H27NO3. The van der Waals surface area contributed by atoms with Crippen LogP contribution in [0.2, 0.25) is 0 Å². The molecular weight excluding hydrogens is 326 g/mol. The van der Waals surface area contributed by atoms with Crippen molar-refractivity contribution in [2.24, 2.45) is 5.92 Å². The average molecular weight is 353 g/mol. The molecule has 1 N–H and O–H groups in total. The Hall–Kier alpha value is -2.17. The summed E-state index contributed by atoms with van der Waals surface area (Å²) in [6.07, 6.45) is 2.11. The normalized spacial score (nSPS) is 19.9. The minimum atomic E-state index is -0.0399. The number of amides is 1. The second-order valence-corrected chi connectivity index (χ2v) is 6.98. The summed E-state index contributed by atoms with van der Waals surface area (Å²) < 4.78 is 11.7. The van der Waals surface area contributed by atoms with Gasteiger partial charge < -0.3 is 14.8 Å². The Kier molecular flexibility index (Phi) is 6.81. The maximum absolute atomic E-state index is 12.2. The standard InChI is InChI=1S/C22H27NO3/c1-17-7-10-20(11-8-17)22(24)23-13-21-12-9-19(16-26-21)15-25-14-18-5-3-2-4-6-18/h2-8,10-11,19,21H,9,12-16H2,1H3,(H,23,24). The summed E-state index contributed by atoms with van der Waals surface area (Å²) in [5, 5.41) is 2.97. The van der Waals surface area contributed by atoms with Gasteiger partial charge in [0, 0.05) is 18.0 Å². The van der Waals surface area contributed by atoms with Crippen LogP contribution in [-0.2, 0) is 16.1 Å². The SMILES string of the molecule is Cc1ccc(C(=O)NCC2CCC(COCc3ccccc3)CO2)cc1. The first-order valence-electron chi connectivity index (χ1n) is 9.29. The molecule has 0 saturated carbocycles. The van der Waals surface area contributed by atoms with Crippen LogP contribution in [0, 0.1) is 12.8 Å². The number of rotatable bonds is 7. The number of carbonyl (C=O) groups is 1. The first kappa shape index (κ1) is 18.6. The monoisotopic (exact) mass is 353 g/mol. The molecule has 1 heterocycles. The Morgan fingerprint density at radius 3 is 2.58 bits per heavy atom. The lowest BCUT2D eigenvalue weighted by Crippen LogP contribution is -2.38. The predicted molar refractivity (Wildman–Crippen MR) is 102 cm³/mol. The maximum Gasteiger partial charge on any atom is 0.251 e. The molecule has 2 aromatic rings. The zero-order chi connectivity index (χ0) is 18.2. The molecule has 1 aliphatic heterocycles. The van der Waals surface area contributed by atoms with E-state index >= 15 is 0 Å². The summed E-state index contributed by atoms with van der Waals surface area (Å²) in [5.74, 6) is 0.393. The molecule has 26 heavy (non-hydrogen) atoms. The molecule has 0 radical (unpaired) electrons. The van der Waals surface area contributed by atoms with E-state index in [0.717, 1.165) is 25.0 Å². The molecule has 0 bridgehead atoms. The van der Waals surface area contributed by atoms with Crippen LogP contribution in [0.3, 0.4) is 0 Å². The summed E-state index contributed by atoms with van der Waals surface area (Å²) in [5.41, 5.74) is 3.04. The van der Waals surface area contributed by atoms with Crippen LogP contribution in [0.1, 0.15) is 34.3 Å². The lowest BCUT2D eigenvalue weighted by Gasteiger charge is -2.29. The van der Waals surface area contributed by atoms with Gasteiger partial charge in [0.1, 0.15) is 0 Å². The van der Waals surface area contributed by atoms with E-state index in [2.05, 4.69) is 17.4 Å². The maximum atomic E-state index is 12.2. The lowest BCUT2D eigenvalue weighted by molar-refractivity contribution is -0.0427. The van der Waals surface area contributed by atoms with Crippen molar-refractivity contribution in [3.8, 4) is 0 Å². The van der Waals surface area contributed by atoms with Crippen molar-refractivity contribution in [2.45, 2.75) is 32.5 Å². The van der Waals surface area contributed by atoms with Crippen molar-refractivity contribution < 1.29 is 14.3 Å². The fourth-order valence-corrected chi connectivity index (χ4v) is 3.08. The van der Waals surface area contributed by atoms with E-state index in [1.54, 1.807) is 0 Å². The fourth-order valence-electron chi connectivity index (χ4n) is 3.08. The largest absolute Gasteiger partial charge is 0.376 e. The van der Waals surface area contributed by atoms with Crippen molar-refractivity contribution in [1.29, 1.82) is 0 Å². The quantitative estimate of drug-likeness (QED) is 0.825. The van der Waals surface area contributed by atoms with Crippen LogP contribution in [0.4, 0.5) is 0 Å². The van der Waals surface area contributed by atoms with E-state index in [-0.39, 0.29) is 12.0 Å². The molecule has 0 aliphatic carbocycles. The molecule has 4 nitrogen and oxygen atoms in total. The van der Waals surface area contributed by atoms with Crippen LogP contribution in [0.5, 0.6) is 0 Å². The molecule has 2 unspecified atom stereocenters. The third-order valence-electron chi connectivity index (χ3n) is 4.73. The summed E-state index contributed by atoms with van der Waals surface area (Å²) in [4.78, 5) is 12.2. The number of carbonyl (C=O) groups excluding carboxylic acids is 1. The summed E-state index contributed by atoms with van der Waals surface area (Å²) in [7, 11) is 0. The highest BCUT2D eigenvalue weighted by Gasteiger charge is 2.22. The highest BCUT2D eigenvalue weighted by Crippen LogP contribution is 2.19. The second kappa shape index (κ2) is 9.51. The number of ether oxygens (including phenoxy) is 2. The second-order valence-electron chi connectivity index (χ2n) is 6.98. The third kappa shape index (κ3) is 5.68. The van der Waals surface area contributed by atoms with Crippen LogP contribution in [0.15, 0.2) is 54.6 Å². The van der Waals surface area contributed by atoms with Gasteiger partial charge in [0.2, 0.25) is 0 Å². The van der Waals surface area contributed by atoms with Gasteiger partial charge in [-0.3, -0.25) is 4.79 Å². The smallest absolute Gasteiger partial charge is 0.251 e. The van der Waals surface area contributed by atoms with Gasteiger partial charge in [-0.2, -0.15) is 0 Å². The molecule has 1 amide bonds. The van der Waals surface area contributed by atoms with Crippen molar-refractivity contribution >= 4 is 5.91 Å². The van der Waals surface area contributed by atoms with Gasteiger partial charge in [-0.25, -0.2) is 0 Å². The van der Waals surface area contributed by atoms with E-state index in [0.29, 0.717) is 31.2 Å². The number of benzene rings is 2. The molecule has 0 spiro atoms. The number of hydrogen-bond donors (Lipinski definition) is 1. The molecule has 2 aromatic carbocycles. The molecule has 0 aromatic heterocycles. The van der Waals surface area contributed by atoms with E-state index in [1.165, 1.54) is 5.56 Å². The van der Waals surface area contributed by atoms with Crippen molar-refractivity contribution in [3.63, 3.8) is 0 Å². The Balaban J connectivity index is 1.32. The first-order chi connectivity index (χ1) is 12.7. The zero-order valence-electron chi connectivity index (χ0n) is 15.3. The molecule has 2 atom stereocenters. The molecule has 3 rings (SSSR count). The predicted octanol–water partition coefficient (Wildman–Crippen LogP) is 3.74. The minimum absolute atomic E-state index is 0.0399. The Morgan fingerprint density at radius 1 is 1.12 bits per heavy atom. The van der Waals surface area contributed by atoms with Crippen LogP contribution < -0.4 is 5.32 Å². The summed E-state index contributed by atoms with van der Waals surface area (Å²) >= 11 is 0. The Labute approximate surface area is 155 Å². The fraction of sp³-hybridized carbons (Fsp3) is 0.409. The Bertz CT molecular complexity index is 676. The first-order valence-corrected chi connectivity index (χ1v) is 9.29. The highest BCUT2D eigenvalue weighted by atomic mass is 16.5. The third-order valence-corrected chi connectivity index (χ3v) is 4.73. The molecule has 1 saturated heterocycles. The molecule has 4 heteroatoms. The summed E-state index contributed by atoms with van der Waals surface area (Å²) in [6, 6.07) is 17.8. The van der Waals surface area contributed by atoms with E-state index in [9.17, 15) is 4.79 Å². The van der Waals surface area contributed by atoms with Gasteiger partial charge in [-0.05, 0) is 37.5 Å². The van der Waals surface area contributed by atoms with Gasteiger partial charge in [-0.1, -0.05) is 48.0 Å². The van der Waals surface area contributed by atoms with E-state index < -0.39 is 0 Å². The summed E-state index contributed by atoms with van der Waals surface area (Å²) in [6.45, 7) is 4.63. The average Bonchev–Trinajstić information content (AvgIpc) is 2.68. The molecule has 1 fully saturated rings. The highest BCUT2D eigenvalue weighted by molar-refractivity contribution is 5.94. The van der Waals surface area contributed by atoms with Gasteiger partial charge in [0.15, 0.2) is 0 Å². The lowest BCUT2D eigenvalue weighted by atomic mass is 9.99. The van der Waals surface area contributed by atoms with Crippen LogP contribution in [0.25, 0.3) is 0 Å². The van der Waals surface area contributed by atoms with Crippen molar-refractivity contribution in [1.82, 2.24) is 5.32 Å². The zero-order valence-corrected chi connectivity index (χ0v) is 15.3. The van der Waals surface area contributed by atoms with Crippen LogP contribution in [-0.4, -0.2) is 31.8 Å². The van der Waals surface area contributed by atoms with E-state index in [1.807, 2.05) is 49.4 Å². The Morgan fingerprint density at radius 2 is 1.88 bits per heavy atom. The number of nitrogens with one attached hydrogen (secondary N) is 1. The van der Waals surface area contributed by atoms with Gasteiger partial charge in [-0.15, -0.1) is 0 Å². The van der Waals surface area contributed by atoms with Gasteiger partial charge in [0.05, 0.1) is 25.9 Å². The van der Waals surface area contributed by atoms with E-state index in [4.69, 9.17) is 9.47 Å². The van der Waals surface area contributed by atoms with Crippen molar-refractivity contribution in [2.75, 3.05) is 19.8 Å².